The molecular weight excluding hydrogens is 258 g/mol. The molecule has 0 spiro atoms. The highest BCUT2D eigenvalue weighted by molar-refractivity contribution is 5.29. The van der Waals surface area contributed by atoms with E-state index in [0.717, 1.165) is 12.6 Å². The molecule has 3 aliphatic rings. The van der Waals surface area contributed by atoms with E-state index >= 15 is 0 Å². The highest BCUT2D eigenvalue weighted by Crippen LogP contribution is 2.22. The van der Waals surface area contributed by atoms with Gasteiger partial charge in [-0.2, -0.15) is 0 Å². The molecule has 2 saturated heterocycles. The maximum atomic E-state index is 3.75. The minimum Gasteiger partial charge on any atom is -0.308 e. The summed E-state index contributed by atoms with van der Waals surface area (Å²) < 4.78 is 0. The van der Waals surface area contributed by atoms with Gasteiger partial charge < -0.3 is 10.2 Å². The van der Waals surface area contributed by atoms with Crippen LogP contribution in [0.1, 0.15) is 30.4 Å². The Bertz CT molecular complexity index is 487. The molecule has 1 aromatic carbocycles. The molecule has 0 saturated carbocycles. The van der Waals surface area contributed by atoms with Crippen LogP contribution >= 0.6 is 0 Å². The third-order valence-corrected chi connectivity index (χ3v) is 5.53. The third-order valence-electron chi connectivity index (χ3n) is 5.53. The predicted molar refractivity (Wildman–Crippen MR) is 86.4 cm³/mol. The first-order chi connectivity index (χ1) is 10.4. The van der Waals surface area contributed by atoms with Crippen molar-refractivity contribution in [2.45, 2.75) is 44.3 Å². The SMILES string of the molecule is c1ccc2c(c1)CNC(CN1CCCN3CCCC3C1)C2. The fraction of sp³-hybridized carbons (Fsp3) is 0.667. The van der Waals surface area contributed by atoms with Crippen LogP contribution < -0.4 is 5.32 Å². The van der Waals surface area contributed by atoms with Crippen molar-refractivity contribution in [1.82, 2.24) is 15.1 Å². The summed E-state index contributed by atoms with van der Waals surface area (Å²) in [6.07, 6.45) is 5.37. The van der Waals surface area contributed by atoms with Gasteiger partial charge in [0, 0.05) is 31.7 Å². The first-order valence-corrected chi connectivity index (χ1v) is 8.65. The van der Waals surface area contributed by atoms with Gasteiger partial charge >= 0.3 is 0 Å². The molecule has 0 aliphatic carbocycles. The summed E-state index contributed by atoms with van der Waals surface area (Å²) in [6.45, 7) is 7.51. The predicted octanol–water partition coefficient (Wildman–Crippen LogP) is 1.87. The van der Waals surface area contributed by atoms with E-state index in [1.165, 1.54) is 64.0 Å². The van der Waals surface area contributed by atoms with E-state index in [0.29, 0.717) is 6.04 Å². The Morgan fingerprint density at radius 2 is 1.90 bits per heavy atom. The summed E-state index contributed by atoms with van der Waals surface area (Å²) in [5.41, 5.74) is 3.05. The van der Waals surface area contributed by atoms with Gasteiger partial charge in [0.05, 0.1) is 0 Å². The Labute approximate surface area is 128 Å². The molecule has 1 N–H and O–H groups in total. The maximum absolute atomic E-state index is 3.75. The smallest absolute Gasteiger partial charge is 0.0238 e. The molecule has 21 heavy (non-hydrogen) atoms. The van der Waals surface area contributed by atoms with Gasteiger partial charge in [-0.25, -0.2) is 0 Å². The summed E-state index contributed by atoms with van der Waals surface area (Å²) >= 11 is 0. The first-order valence-electron chi connectivity index (χ1n) is 8.65. The minimum absolute atomic E-state index is 0.632. The molecule has 114 valence electrons. The second-order valence-electron chi connectivity index (χ2n) is 7.00. The van der Waals surface area contributed by atoms with Gasteiger partial charge in [-0.3, -0.25) is 4.90 Å². The number of nitrogens with zero attached hydrogens (tertiary/aromatic N) is 2. The molecule has 0 amide bonds. The van der Waals surface area contributed by atoms with Crippen molar-refractivity contribution >= 4 is 0 Å². The van der Waals surface area contributed by atoms with Crippen molar-refractivity contribution in [3.8, 4) is 0 Å². The van der Waals surface area contributed by atoms with Gasteiger partial charge in [-0.1, -0.05) is 24.3 Å². The zero-order valence-corrected chi connectivity index (χ0v) is 12.9. The molecule has 3 aliphatic heterocycles. The van der Waals surface area contributed by atoms with Crippen molar-refractivity contribution in [2.75, 3.05) is 32.7 Å². The average Bonchev–Trinajstić information content (AvgIpc) is 2.86. The summed E-state index contributed by atoms with van der Waals surface area (Å²) in [4.78, 5) is 5.45. The fourth-order valence-corrected chi connectivity index (χ4v) is 4.41. The zero-order valence-electron chi connectivity index (χ0n) is 12.9. The lowest BCUT2D eigenvalue weighted by atomic mass is 9.95. The Morgan fingerprint density at radius 1 is 1.05 bits per heavy atom. The largest absolute Gasteiger partial charge is 0.308 e. The van der Waals surface area contributed by atoms with Gasteiger partial charge in [0.25, 0.3) is 0 Å². The van der Waals surface area contributed by atoms with Crippen LogP contribution in [0.15, 0.2) is 24.3 Å². The molecule has 3 heterocycles. The third kappa shape index (κ3) is 3.01. The normalized spacial score (nSPS) is 30.7. The van der Waals surface area contributed by atoms with Crippen LogP contribution in [0.3, 0.4) is 0 Å². The van der Waals surface area contributed by atoms with Crippen molar-refractivity contribution in [1.29, 1.82) is 0 Å². The summed E-state index contributed by atoms with van der Waals surface area (Å²) in [5, 5.41) is 3.75. The van der Waals surface area contributed by atoms with Crippen LogP contribution in [-0.2, 0) is 13.0 Å². The van der Waals surface area contributed by atoms with Crippen LogP contribution in [0, 0.1) is 0 Å². The Kier molecular flexibility index (Phi) is 3.97. The summed E-state index contributed by atoms with van der Waals surface area (Å²) in [6, 6.07) is 10.4. The highest BCUT2D eigenvalue weighted by Gasteiger charge is 2.30. The van der Waals surface area contributed by atoms with Gasteiger partial charge in [0.15, 0.2) is 0 Å². The van der Waals surface area contributed by atoms with Crippen LogP contribution in [0.5, 0.6) is 0 Å². The lowest BCUT2D eigenvalue weighted by Crippen LogP contribution is -2.46. The van der Waals surface area contributed by atoms with E-state index in [2.05, 4.69) is 39.4 Å². The average molecular weight is 285 g/mol. The van der Waals surface area contributed by atoms with Crippen molar-refractivity contribution in [2.24, 2.45) is 0 Å². The van der Waals surface area contributed by atoms with Crippen LogP contribution in [-0.4, -0.2) is 54.6 Å². The highest BCUT2D eigenvalue weighted by atomic mass is 15.3. The lowest BCUT2D eigenvalue weighted by molar-refractivity contribution is 0.202. The summed E-state index contributed by atoms with van der Waals surface area (Å²) in [7, 11) is 0. The van der Waals surface area contributed by atoms with E-state index in [4.69, 9.17) is 0 Å². The molecule has 2 atom stereocenters. The molecule has 1 aromatic rings. The number of rotatable bonds is 2. The van der Waals surface area contributed by atoms with Gasteiger partial charge in [0.2, 0.25) is 0 Å². The van der Waals surface area contributed by atoms with E-state index in [-0.39, 0.29) is 0 Å². The zero-order chi connectivity index (χ0) is 14.1. The van der Waals surface area contributed by atoms with Crippen LogP contribution in [0.25, 0.3) is 0 Å². The number of benzene rings is 1. The molecule has 4 rings (SSSR count). The number of hydrogen-bond acceptors (Lipinski definition) is 3. The van der Waals surface area contributed by atoms with Crippen LogP contribution in [0.2, 0.25) is 0 Å². The molecular formula is C18H27N3. The quantitative estimate of drug-likeness (QED) is 0.895. The number of hydrogen-bond donors (Lipinski definition) is 1. The van der Waals surface area contributed by atoms with Crippen molar-refractivity contribution in [3.05, 3.63) is 35.4 Å². The molecule has 0 aromatic heterocycles. The molecule has 3 nitrogen and oxygen atoms in total. The van der Waals surface area contributed by atoms with E-state index < -0.39 is 0 Å². The fourth-order valence-electron chi connectivity index (χ4n) is 4.41. The second kappa shape index (κ2) is 6.07. The first kappa shape index (κ1) is 13.7. The van der Waals surface area contributed by atoms with Gasteiger partial charge in [-0.15, -0.1) is 0 Å². The topological polar surface area (TPSA) is 18.5 Å². The Balaban J connectivity index is 1.38. The molecule has 0 radical (unpaired) electrons. The minimum atomic E-state index is 0.632. The lowest BCUT2D eigenvalue weighted by Gasteiger charge is -2.32. The van der Waals surface area contributed by atoms with E-state index in [1.54, 1.807) is 5.56 Å². The van der Waals surface area contributed by atoms with Gasteiger partial charge in [-0.05, 0) is 56.4 Å². The molecule has 2 fully saturated rings. The van der Waals surface area contributed by atoms with Crippen LogP contribution in [0.4, 0.5) is 0 Å². The standard InChI is InChI=1S/C18H27N3/c1-2-6-16-12-19-17(11-15(16)5-1)13-20-8-4-10-21-9-3-7-18(21)14-20/h1-2,5-6,17-19H,3-4,7-14H2. The van der Waals surface area contributed by atoms with Crippen molar-refractivity contribution < 1.29 is 0 Å². The molecule has 0 bridgehead atoms. The second-order valence-corrected chi connectivity index (χ2v) is 7.00. The van der Waals surface area contributed by atoms with Crippen molar-refractivity contribution in [3.63, 3.8) is 0 Å². The maximum Gasteiger partial charge on any atom is 0.0238 e. The molecule has 2 unspecified atom stereocenters. The Morgan fingerprint density at radius 3 is 2.86 bits per heavy atom. The number of nitrogens with one attached hydrogen (secondary N) is 1. The van der Waals surface area contributed by atoms with E-state index in [1.807, 2.05) is 0 Å². The molecule has 3 heteroatoms. The van der Waals surface area contributed by atoms with E-state index in [9.17, 15) is 0 Å². The van der Waals surface area contributed by atoms with Gasteiger partial charge in [0.1, 0.15) is 0 Å². The monoisotopic (exact) mass is 285 g/mol. The Hall–Kier alpha value is -0.900. The summed E-state index contributed by atoms with van der Waals surface area (Å²) in [5.74, 6) is 0. The number of fused-ring (bicyclic) bond motifs is 2.